The molecule has 0 aromatic carbocycles. The Bertz CT molecular complexity index is 510. The molecule has 0 radical (unpaired) electrons. The van der Waals surface area contributed by atoms with Crippen LogP contribution >= 0.6 is 0 Å². The van der Waals surface area contributed by atoms with Crippen LogP contribution in [0.1, 0.15) is 66.7 Å². The molecule has 6 unspecified atom stereocenters. The highest BCUT2D eigenvalue weighted by atomic mass is 19.4. The molecule has 7 heteroatoms. The number of aliphatic hydroxyl groups is 1. The summed E-state index contributed by atoms with van der Waals surface area (Å²) in [6, 6.07) is 0. The van der Waals surface area contributed by atoms with Gasteiger partial charge in [-0.1, -0.05) is 47.5 Å². The van der Waals surface area contributed by atoms with Gasteiger partial charge in [-0.05, 0) is 60.2 Å². The zero-order valence-electron chi connectivity index (χ0n) is 16.7. The molecule has 0 saturated heterocycles. The van der Waals surface area contributed by atoms with E-state index in [9.17, 15) is 31.4 Å². The second kappa shape index (κ2) is 7.10. The molecule has 2 aliphatic rings. The van der Waals surface area contributed by atoms with E-state index >= 15 is 0 Å². The van der Waals surface area contributed by atoms with Crippen molar-refractivity contribution in [3.63, 3.8) is 0 Å². The molecule has 1 N–H and O–H groups in total. The highest BCUT2D eigenvalue weighted by Gasteiger charge is 2.73. The molecule has 1 nitrogen and oxygen atoms in total. The molecule has 2 rings (SSSR count). The van der Waals surface area contributed by atoms with E-state index in [0.29, 0.717) is 12.3 Å². The van der Waals surface area contributed by atoms with Gasteiger partial charge in [-0.25, -0.2) is 0 Å². The van der Waals surface area contributed by atoms with Crippen LogP contribution in [0, 0.1) is 40.9 Å². The summed E-state index contributed by atoms with van der Waals surface area (Å²) in [5, 5.41) is 9.59. The van der Waals surface area contributed by atoms with E-state index in [1.54, 1.807) is 0 Å². The molecule has 27 heavy (non-hydrogen) atoms. The smallest absolute Gasteiger partial charge is 0.374 e. The third-order valence-electron chi connectivity index (χ3n) is 7.53. The van der Waals surface area contributed by atoms with Gasteiger partial charge in [0.05, 0.1) is 0 Å². The van der Waals surface area contributed by atoms with E-state index in [1.165, 1.54) is 0 Å². The van der Waals surface area contributed by atoms with Crippen LogP contribution < -0.4 is 0 Å². The fourth-order valence-corrected chi connectivity index (χ4v) is 6.09. The number of hydrogen-bond acceptors (Lipinski definition) is 1. The first-order chi connectivity index (χ1) is 12.1. The van der Waals surface area contributed by atoms with Crippen molar-refractivity contribution in [3.8, 4) is 0 Å². The fourth-order valence-electron chi connectivity index (χ4n) is 6.09. The predicted octanol–water partition coefficient (Wildman–Crippen LogP) is 6.60. The van der Waals surface area contributed by atoms with Gasteiger partial charge in [-0.15, -0.1) is 0 Å². The van der Waals surface area contributed by atoms with Crippen molar-refractivity contribution in [3.05, 3.63) is 0 Å². The topological polar surface area (TPSA) is 20.2 Å². The summed E-state index contributed by atoms with van der Waals surface area (Å²) < 4.78 is 78.5. The molecule has 2 saturated carbocycles. The minimum absolute atomic E-state index is 0.0271. The fraction of sp³-hybridized carbons (Fsp3) is 1.00. The van der Waals surface area contributed by atoms with Crippen LogP contribution in [0.15, 0.2) is 0 Å². The highest BCUT2D eigenvalue weighted by molar-refractivity contribution is 5.14. The van der Waals surface area contributed by atoms with Crippen molar-refractivity contribution in [2.24, 2.45) is 40.9 Å². The molecule has 0 amide bonds. The van der Waals surface area contributed by atoms with Crippen LogP contribution in [0.25, 0.3) is 0 Å². The molecule has 160 valence electrons. The second-order valence-electron chi connectivity index (χ2n) is 9.52. The van der Waals surface area contributed by atoms with Gasteiger partial charge in [-0.3, -0.25) is 0 Å². The minimum atomic E-state index is -5.72. The van der Waals surface area contributed by atoms with Crippen molar-refractivity contribution in [1.82, 2.24) is 0 Å². The monoisotopic (exact) mass is 402 g/mol. The average molecular weight is 402 g/mol. The van der Waals surface area contributed by atoms with Crippen molar-refractivity contribution >= 4 is 0 Å². The Morgan fingerprint density at radius 3 is 1.93 bits per heavy atom. The highest BCUT2D eigenvalue weighted by Crippen LogP contribution is 2.70. The van der Waals surface area contributed by atoms with Crippen molar-refractivity contribution in [2.45, 2.75) is 84.7 Å². The first-order valence-electron chi connectivity index (χ1n) is 9.98. The molecule has 0 aromatic heterocycles. The second-order valence-corrected chi connectivity index (χ2v) is 9.52. The van der Waals surface area contributed by atoms with Crippen LogP contribution in [0.2, 0.25) is 0 Å². The first kappa shape index (κ1) is 22.8. The Morgan fingerprint density at radius 1 is 1.00 bits per heavy atom. The van der Waals surface area contributed by atoms with Gasteiger partial charge in [-0.2, -0.15) is 26.3 Å². The lowest BCUT2D eigenvalue weighted by Gasteiger charge is -2.70. The number of fused-ring (bicyclic) bond motifs is 1. The van der Waals surface area contributed by atoms with Crippen molar-refractivity contribution < 1.29 is 31.4 Å². The molecular formula is C20H32F6O. The van der Waals surface area contributed by atoms with Crippen LogP contribution in [0.5, 0.6) is 0 Å². The number of rotatable bonds is 7. The number of alkyl halides is 6. The Labute approximate surface area is 157 Å². The third kappa shape index (κ3) is 3.62. The van der Waals surface area contributed by atoms with E-state index in [1.807, 2.05) is 13.8 Å². The Morgan fingerprint density at radius 2 is 1.52 bits per heavy atom. The summed E-state index contributed by atoms with van der Waals surface area (Å²) in [6.07, 6.45) is -9.51. The summed E-state index contributed by atoms with van der Waals surface area (Å²) in [4.78, 5) is 0. The predicted molar refractivity (Wildman–Crippen MR) is 91.9 cm³/mol. The lowest BCUT2D eigenvalue weighted by Crippen LogP contribution is -2.67. The summed E-state index contributed by atoms with van der Waals surface area (Å²) >= 11 is 0. The third-order valence-corrected chi connectivity index (χ3v) is 7.53. The SMILES string of the molecule is CCCC(C)(C)C1C2CC(CC(O)(C(F)(F)F)C(F)(F)F)C2C1C(C)CC. The maximum absolute atomic E-state index is 13.1. The van der Waals surface area contributed by atoms with Gasteiger partial charge in [0, 0.05) is 0 Å². The molecule has 0 aliphatic heterocycles. The molecule has 0 aromatic rings. The molecule has 6 atom stereocenters. The minimum Gasteiger partial charge on any atom is -0.374 e. The largest absolute Gasteiger partial charge is 0.426 e. The van der Waals surface area contributed by atoms with E-state index in [2.05, 4.69) is 20.8 Å². The molecule has 2 fully saturated rings. The van der Waals surface area contributed by atoms with Gasteiger partial charge in [0.25, 0.3) is 5.60 Å². The maximum Gasteiger partial charge on any atom is 0.426 e. The zero-order valence-corrected chi connectivity index (χ0v) is 16.7. The summed E-state index contributed by atoms with van der Waals surface area (Å²) in [5.74, 6) is 0.0269. The lowest BCUT2D eigenvalue weighted by atomic mass is 9.35. The molecule has 0 heterocycles. The van der Waals surface area contributed by atoms with Crippen LogP contribution in [0.3, 0.4) is 0 Å². The van der Waals surface area contributed by atoms with Gasteiger partial charge in [0.2, 0.25) is 0 Å². The molecule has 0 bridgehead atoms. The Kier molecular flexibility index (Phi) is 6.00. The Balaban J connectivity index is 2.23. The number of halogens is 6. The van der Waals surface area contributed by atoms with Gasteiger partial charge < -0.3 is 5.11 Å². The first-order valence-corrected chi connectivity index (χ1v) is 9.98. The van der Waals surface area contributed by atoms with Gasteiger partial charge in [0.15, 0.2) is 0 Å². The standard InChI is InChI=1S/C20H32F6O/c1-6-8-17(4,5)16-13-9-12(15(13)14(16)11(3)7-2)10-18(27,19(21,22)23)20(24,25)26/h11-16,27H,6-10H2,1-5H3. The van der Waals surface area contributed by atoms with E-state index < -0.39 is 30.3 Å². The van der Waals surface area contributed by atoms with Gasteiger partial charge >= 0.3 is 12.4 Å². The normalized spacial score (nSPS) is 33.1. The van der Waals surface area contributed by atoms with Crippen LogP contribution in [-0.2, 0) is 0 Å². The summed E-state index contributed by atoms with van der Waals surface area (Å²) in [7, 11) is 0. The lowest BCUT2D eigenvalue weighted by molar-refractivity contribution is -0.380. The van der Waals surface area contributed by atoms with Crippen molar-refractivity contribution in [1.29, 1.82) is 0 Å². The molecule has 0 spiro atoms. The zero-order chi connectivity index (χ0) is 21.0. The quantitative estimate of drug-likeness (QED) is 0.476. The van der Waals surface area contributed by atoms with E-state index in [-0.39, 0.29) is 29.1 Å². The maximum atomic E-state index is 13.1. The summed E-state index contributed by atoms with van der Waals surface area (Å²) in [5.41, 5.74) is -4.58. The summed E-state index contributed by atoms with van der Waals surface area (Å²) in [6.45, 7) is 10.5. The number of hydrogen-bond donors (Lipinski definition) is 1. The average Bonchev–Trinajstić information content (AvgIpc) is 2.47. The van der Waals surface area contributed by atoms with E-state index in [0.717, 1.165) is 19.3 Å². The molecule has 2 aliphatic carbocycles. The van der Waals surface area contributed by atoms with E-state index in [4.69, 9.17) is 0 Å². The molecular weight excluding hydrogens is 370 g/mol. The van der Waals surface area contributed by atoms with Crippen LogP contribution in [-0.4, -0.2) is 23.1 Å². The van der Waals surface area contributed by atoms with Crippen LogP contribution in [0.4, 0.5) is 26.3 Å². The van der Waals surface area contributed by atoms with Crippen molar-refractivity contribution in [2.75, 3.05) is 0 Å². The van der Waals surface area contributed by atoms with Gasteiger partial charge in [0.1, 0.15) is 0 Å². The Hall–Kier alpha value is -0.460.